The third-order valence-electron chi connectivity index (χ3n) is 7.78. The van der Waals surface area contributed by atoms with Gasteiger partial charge in [-0.25, -0.2) is 4.79 Å². The Morgan fingerprint density at radius 3 is 2.56 bits per heavy atom. The van der Waals surface area contributed by atoms with Crippen molar-refractivity contribution < 1.29 is 24.1 Å². The molecule has 3 aliphatic heterocycles. The molecule has 0 aliphatic carbocycles. The zero-order valence-corrected chi connectivity index (χ0v) is 20.4. The SMILES string of the molecule is NCCCC[C@H](N)C(=O)N1CCC[C@H]1C(=O)N1CCC2[C@]1(C(=O)O)P2(=O)CCc1ccccc1. The average Bonchev–Trinajstić information content (AvgIpc) is 3.24. The Morgan fingerprint density at radius 2 is 1.88 bits per heavy atom. The number of carbonyl (C=O) groups excluding carboxylic acids is 2. The number of nitrogens with two attached hydrogens (primary N) is 2. The highest BCUT2D eigenvalue weighted by Crippen LogP contribution is 2.86. The lowest BCUT2D eigenvalue weighted by molar-refractivity contribution is -0.152. The molecule has 1 aromatic rings. The first-order valence-electron chi connectivity index (χ1n) is 12.2. The van der Waals surface area contributed by atoms with Crippen LogP contribution in [0, 0.1) is 0 Å². The van der Waals surface area contributed by atoms with Crippen LogP contribution < -0.4 is 11.5 Å². The molecule has 0 spiro atoms. The average molecular weight is 491 g/mol. The number of aliphatic carboxylic acids is 1. The summed E-state index contributed by atoms with van der Waals surface area (Å²) in [5, 5.41) is 8.59. The van der Waals surface area contributed by atoms with Gasteiger partial charge in [-0.3, -0.25) is 9.59 Å². The van der Waals surface area contributed by atoms with Crippen LogP contribution in [0.5, 0.6) is 0 Å². The van der Waals surface area contributed by atoms with Gasteiger partial charge in [0, 0.05) is 19.3 Å². The maximum Gasteiger partial charge on any atom is 0.338 e. The largest absolute Gasteiger partial charge is 0.479 e. The van der Waals surface area contributed by atoms with E-state index in [1.54, 1.807) is 0 Å². The van der Waals surface area contributed by atoms with Crippen molar-refractivity contribution in [3.05, 3.63) is 35.9 Å². The number of rotatable bonds is 10. The van der Waals surface area contributed by atoms with Gasteiger partial charge in [-0.1, -0.05) is 36.8 Å². The van der Waals surface area contributed by atoms with Crippen LogP contribution in [0.2, 0.25) is 0 Å². The van der Waals surface area contributed by atoms with Crippen molar-refractivity contribution in [3.8, 4) is 0 Å². The highest BCUT2D eigenvalue weighted by atomic mass is 31.2. The summed E-state index contributed by atoms with van der Waals surface area (Å²) in [5.74, 6) is -1.87. The molecule has 3 aliphatic rings. The van der Waals surface area contributed by atoms with Gasteiger partial charge in [0.1, 0.15) is 13.2 Å². The number of nitrogens with zero attached hydrogens (tertiary/aromatic N) is 2. The van der Waals surface area contributed by atoms with Crippen molar-refractivity contribution in [1.82, 2.24) is 9.80 Å². The number of hydrogen-bond acceptors (Lipinski definition) is 6. The third-order valence-corrected chi connectivity index (χ3v) is 11.9. The van der Waals surface area contributed by atoms with Gasteiger partial charge in [0.25, 0.3) is 0 Å². The van der Waals surface area contributed by atoms with Crippen LogP contribution in [0.3, 0.4) is 0 Å². The third kappa shape index (κ3) is 3.97. The van der Waals surface area contributed by atoms with Crippen LogP contribution in [0.4, 0.5) is 0 Å². The smallest absolute Gasteiger partial charge is 0.338 e. The fraction of sp³-hybridized carbons (Fsp3) is 0.625. The first-order valence-corrected chi connectivity index (χ1v) is 14.2. The van der Waals surface area contributed by atoms with Gasteiger partial charge < -0.3 is 30.9 Å². The molecule has 2 unspecified atom stereocenters. The molecule has 186 valence electrons. The lowest BCUT2D eigenvalue weighted by Crippen LogP contribution is -2.55. The van der Waals surface area contributed by atoms with Gasteiger partial charge in [0.05, 0.1) is 11.7 Å². The Hall–Kier alpha value is -2.22. The van der Waals surface area contributed by atoms with Crippen molar-refractivity contribution in [2.45, 2.75) is 68.0 Å². The van der Waals surface area contributed by atoms with Crippen LogP contribution in [0.1, 0.15) is 44.1 Å². The predicted octanol–water partition coefficient (Wildman–Crippen LogP) is 1.43. The summed E-state index contributed by atoms with van der Waals surface area (Å²) in [6.07, 6.45) is 4.31. The van der Waals surface area contributed by atoms with Gasteiger partial charge in [0.2, 0.25) is 17.1 Å². The molecule has 5 N–H and O–H groups in total. The van der Waals surface area contributed by atoms with E-state index in [2.05, 4.69) is 0 Å². The standard InChI is InChI=1S/C24H35N4O5P/c25-13-5-4-9-18(26)21(29)27-14-6-10-19(27)22(30)28-15-11-20-24(28,23(31)32)34(20,33)16-12-17-7-2-1-3-8-17/h1-3,7-8,18-20H,4-6,9-16,25-26H2,(H,31,32)/t18-,19-,20?,24+,34?/m0/s1. The second kappa shape index (κ2) is 9.80. The first-order chi connectivity index (χ1) is 16.3. The van der Waals surface area contributed by atoms with Gasteiger partial charge in [-0.15, -0.1) is 0 Å². The van der Waals surface area contributed by atoms with E-state index in [1.165, 1.54) is 9.80 Å². The fourth-order valence-corrected chi connectivity index (χ4v) is 10.5. The number of likely N-dealkylation sites (tertiary alicyclic amines) is 2. The number of fused-ring (bicyclic) bond motifs is 1. The van der Waals surface area contributed by atoms with Crippen molar-refractivity contribution in [2.75, 3.05) is 25.8 Å². The van der Waals surface area contributed by atoms with E-state index >= 15 is 0 Å². The number of benzene rings is 1. The quantitative estimate of drug-likeness (QED) is 0.332. The molecule has 9 nitrogen and oxygen atoms in total. The summed E-state index contributed by atoms with van der Waals surface area (Å²) in [6.45, 7) is 1.21. The van der Waals surface area contributed by atoms with Crippen LogP contribution in [0.15, 0.2) is 30.3 Å². The molecule has 5 atom stereocenters. The van der Waals surface area contributed by atoms with Gasteiger partial charge in [-0.05, 0) is 50.6 Å². The van der Waals surface area contributed by atoms with E-state index in [4.69, 9.17) is 11.5 Å². The van der Waals surface area contributed by atoms with E-state index in [-0.39, 0.29) is 18.6 Å². The summed E-state index contributed by atoms with van der Waals surface area (Å²) in [4.78, 5) is 42.0. The normalized spacial score (nSPS) is 30.8. The first kappa shape index (κ1) is 24.9. The number of carboxylic acids is 1. The number of amides is 2. The fourth-order valence-electron chi connectivity index (χ4n) is 6.00. The minimum absolute atomic E-state index is 0.256. The van der Waals surface area contributed by atoms with E-state index in [9.17, 15) is 24.1 Å². The molecular formula is C24H35N4O5P. The Balaban J connectivity index is 1.49. The second-order valence-corrected chi connectivity index (χ2v) is 13.0. The van der Waals surface area contributed by atoms with Crippen molar-refractivity contribution in [1.29, 1.82) is 0 Å². The molecule has 3 fully saturated rings. The number of aryl methyl sites for hydroxylation is 1. The molecule has 2 amide bonds. The Kier molecular flexibility index (Phi) is 7.17. The van der Waals surface area contributed by atoms with Crippen LogP contribution >= 0.6 is 7.14 Å². The van der Waals surface area contributed by atoms with Crippen molar-refractivity contribution in [2.24, 2.45) is 11.5 Å². The Bertz CT molecular complexity index is 989. The second-order valence-electron chi connectivity index (χ2n) is 9.66. The Morgan fingerprint density at radius 1 is 1.15 bits per heavy atom. The van der Waals surface area contributed by atoms with Crippen molar-refractivity contribution >= 4 is 24.9 Å². The summed E-state index contributed by atoms with van der Waals surface area (Å²) < 4.78 is 13.9. The maximum absolute atomic E-state index is 13.9. The van der Waals surface area contributed by atoms with E-state index < -0.39 is 42.0 Å². The maximum atomic E-state index is 13.9. The van der Waals surface area contributed by atoms with Crippen molar-refractivity contribution in [3.63, 3.8) is 0 Å². The zero-order chi connectivity index (χ0) is 24.5. The van der Waals surface area contributed by atoms with E-state index in [0.29, 0.717) is 45.2 Å². The van der Waals surface area contributed by atoms with Crippen LogP contribution in [-0.2, 0) is 25.4 Å². The van der Waals surface area contributed by atoms with Gasteiger partial charge >= 0.3 is 5.97 Å². The molecule has 1 aromatic carbocycles. The lowest BCUT2D eigenvalue weighted by Gasteiger charge is -2.33. The monoisotopic (exact) mass is 490 g/mol. The molecule has 0 aromatic heterocycles. The molecule has 4 rings (SSSR count). The summed E-state index contributed by atoms with van der Waals surface area (Å²) in [7, 11) is -3.15. The van der Waals surface area contributed by atoms with E-state index in [1.807, 2.05) is 30.3 Å². The summed E-state index contributed by atoms with van der Waals surface area (Å²) in [6, 6.07) is 8.10. The minimum atomic E-state index is -3.15. The molecule has 0 bridgehead atoms. The number of unbranched alkanes of at least 4 members (excludes halogenated alkanes) is 1. The summed E-state index contributed by atoms with van der Waals surface area (Å²) >= 11 is 0. The highest BCUT2D eigenvalue weighted by molar-refractivity contribution is 7.75. The van der Waals surface area contributed by atoms with E-state index in [0.717, 1.165) is 18.4 Å². The predicted molar refractivity (Wildman–Crippen MR) is 129 cm³/mol. The zero-order valence-electron chi connectivity index (χ0n) is 19.5. The topological polar surface area (TPSA) is 147 Å². The van der Waals surface area contributed by atoms with Crippen LogP contribution in [0.25, 0.3) is 0 Å². The Labute approximate surface area is 200 Å². The molecular weight excluding hydrogens is 455 g/mol. The van der Waals surface area contributed by atoms with Gasteiger partial charge in [-0.2, -0.15) is 0 Å². The number of carboxylic acid groups (broad SMARTS) is 1. The number of carbonyl (C=O) groups is 3. The molecule has 10 heteroatoms. The minimum Gasteiger partial charge on any atom is -0.479 e. The highest BCUT2D eigenvalue weighted by Gasteiger charge is 2.85. The summed E-state index contributed by atoms with van der Waals surface area (Å²) in [5.41, 5.74) is 12.1. The molecule has 3 heterocycles. The number of hydrogen-bond donors (Lipinski definition) is 3. The molecule has 3 saturated heterocycles. The van der Waals surface area contributed by atoms with Crippen LogP contribution in [-0.4, -0.2) is 81.5 Å². The molecule has 0 saturated carbocycles. The molecule has 0 radical (unpaired) electrons. The molecule has 34 heavy (non-hydrogen) atoms. The lowest BCUT2D eigenvalue weighted by atomic mass is 10.1. The van der Waals surface area contributed by atoms with Gasteiger partial charge in [0.15, 0.2) is 0 Å².